The lowest BCUT2D eigenvalue weighted by Gasteiger charge is -2.37. The van der Waals surface area contributed by atoms with Crippen molar-refractivity contribution in [3.05, 3.63) is 58.6 Å². The van der Waals surface area contributed by atoms with E-state index < -0.39 is 0 Å². The van der Waals surface area contributed by atoms with Crippen molar-refractivity contribution in [3.63, 3.8) is 0 Å². The molecule has 0 radical (unpaired) electrons. The van der Waals surface area contributed by atoms with E-state index in [0.29, 0.717) is 5.02 Å². The molecule has 2 N–H and O–H groups in total. The number of fused-ring (bicyclic) bond motifs is 1. The quantitative estimate of drug-likeness (QED) is 0.741. The number of aromatic hydroxyl groups is 1. The second-order valence-corrected chi connectivity index (χ2v) is 6.78. The molecule has 0 bridgehead atoms. The minimum absolute atomic E-state index is 0.118. The van der Waals surface area contributed by atoms with Gasteiger partial charge in [0.1, 0.15) is 5.75 Å². The van der Waals surface area contributed by atoms with E-state index in [4.69, 9.17) is 11.6 Å². The highest BCUT2D eigenvalue weighted by Crippen LogP contribution is 2.42. The van der Waals surface area contributed by atoms with Crippen molar-refractivity contribution in [2.24, 2.45) is 0 Å². The molecule has 3 heteroatoms. The number of hydrogen-bond acceptors (Lipinski definition) is 2. The number of anilines is 1. The zero-order valence-corrected chi connectivity index (χ0v) is 13.1. The Hall–Kier alpha value is -1.67. The van der Waals surface area contributed by atoms with E-state index in [2.05, 4.69) is 43.4 Å². The lowest BCUT2D eigenvalue weighted by molar-refractivity contribution is 0.406. The van der Waals surface area contributed by atoms with Crippen LogP contribution in [0.5, 0.6) is 5.75 Å². The van der Waals surface area contributed by atoms with Gasteiger partial charge in [0.25, 0.3) is 0 Å². The fourth-order valence-electron chi connectivity index (χ4n) is 3.16. The minimum atomic E-state index is 0.118. The summed E-state index contributed by atoms with van der Waals surface area (Å²) in [5.41, 5.74) is 3.94. The Labute approximate surface area is 130 Å². The monoisotopic (exact) mass is 301 g/mol. The van der Waals surface area contributed by atoms with Gasteiger partial charge >= 0.3 is 0 Å². The Bertz CT molecular complexity index is 666. The first kappa shape index (κ1) is 14.3. The molecular formula is C18H20ClNO. The second-order valence-electron chi connectivity index (χ2n) is 6.37. The molecule has 0 spiro atoms. The maximum absolute atomic E-state index is 9.52. The largest absolute Gasteiger partial charge is 0.506 e. The summed E-state index contributed by atoms with van der Waals surface area (Å²) in [4.78, 5) is 0. The van der Waals surface area contributed by atoms with Crippen LogP contribution in [-0.2, 0) is 5.41 Å². The van der Waals surface area contributed by atoms with Crippen LogP contribution >= 0.6 is 11.6 Å². The van der Waals surface area contributed by atoms with Gasteiger partial charge in [0.05, 0.1) is 11.1 Å². The zero-order chi connectivity index (χ0) is 15.0. The SMILES string of the molecule is CC1(C)CCC(Nc2ccc(O)c(Cl)c2)c2ccccc21. The zero-order valence-electron chi connectivity index (χ0n) is 12.4. The highest BCUT2D eigenvalue weighted by molar-refractivity contribution is 6.32. The maximum atomic E-state index is 9.52. The Balaban J connectivity index is 1.92. The molecule has 2 aromatic rings. The van der Waals surface area contributed by atoms with Gasteiger partial charge in [-0.05, 0) is 47.6 Å². The molecule has 0 saturated heterocycles. The van der Waals surface area contributed by atoms with E-state index in [1.807, 2.05) is 6.07 Å². The van der Waals surface area contributed by atoms with Crippen LogP contribution in [0.3, 0.4) is 0 Å². The number of halogens is 1. The van der Waals surface area contributed by atoms with Crippen molar-refractivity contribution < 1.29 is 5.11 Å². The number of phenolic OH excluding ortho intramolecular Hbond substituents is 1. The molecule has 0 aliphatic heterocycles. The summed E-state index contributed by atoms with van der Waals surface area (Å²) in [5.74, 6) is 0.118. The first-order chi connectivity index (χ1) is 9.97. The smallest absolute Gasteiger partial charge is 0.134 e. The molecule has 0 amide bonds. The molecule has 1 aliphatic rings. The van der Waals surface area contributed by atoms with Crippen molar-refractivity contribution in [3.8, 4) is 5.75 Å². The van der Waals surface area contributed by atoms with Gasteiger partial charge in [0.2, 0.25) is 0 Å². The molecule has 0 fully saturated rings. The Morgan fingerprint density at radius 2 is 1.95 bits per heavy atom. The van der Waals surface area contributed by atoms with Gasteiger partial charge in [-0.1, -0.05) is 49.7 Å². The number of nitrogens with one attached hydrogen (secondary N) is 1. The minimum Gasteiger partial charge on any atom is -0.506 e. The molecular weight excluding hydrogens is 282 g/mol. The van der Waals surface area contributed by atoms with Crippen molar-refractivity contribution in [1.29, 1.82) is 0 Å². The third-order valence-electron chi connectivity index (χ3n) is 4.41. The normalized spacial score (nSPS) is 19.9. The third-order valence-corrected chi connectivity index (χ3v) is 4.71. The molecule has 0 heterocycles. The molecule has 0 saturated carbocycles. The molecule has 2 aromatic carbocycles. The lowest BCUT2D eigenvalue weighted by Crippen LogP contribution is -2.29. The van der Waals surface area contributed by atoms with Crippen molar-refractivity contribution in [2.75, 3.05) is 5.32 Å². The third kappa shape index (κ3) is 2.73. The second kappa shape index (κ2) is 5.27. The number of hydrogen-bond donors (Lipinski definition) is 2. The molecule has 0 aromatic heterocycles. The number of benzene rings is 2. The van der Waals surface area contributed by atoms with Crippen molar-refractivity contribution in [1.82, 2.24) is 0 Å². The highest BCUT2D eigenvalue weighted by atomic mass is 35.5. The van der Waals surface area contributed by atoms with Crippen LogP contribution in [0.4, 0.5) is 5.69 Å². The van der Waals surface area contributed by atoms with Gasteiger partial charge in [-0.25, -0.2) is 0 Å². The summed E-state index contributed by atoms with van der Waals surface area (Å²) in [6.45, 7) is 4.61. The molecule has 1 unspecified atom stereocenters. The lowest BCUT2D eigenvalue weighted by atomic mass is 9.71. The van der Waals surface area contributed by atoms with Crippen LogP contribution in [0, 0.1) is 0 Å². The summed E-state index contributed by atoms with van der Waals surface area (Å²) >= 11 is 5.99. The van der Waals surface area contributed by atoms with E-state index in [9.17, 15) is 5.11 Å². The summed E-state index contributed by atoms with van der Waals surface area (Å²) < 4.78 is 0. The highest BCUT2D eigenvalue weighted by Gasteiger charge is 2.32. The van der Waals surface area contributed by atoms with Crippen molar-refractivity contribution in [2.45, 2.75) is 38.1 Å². The predicted molar refractivity (Wildman–Crippen MR) is 88.2 cm³/mol. The van der Waals surface area contributed by atoms with E-state index in [1.165, 1.54) is 11.1 Å². The predicted octanol–water partition coefficient (Wildman–Crippen LogP) is 5.27. The van der Waals surface area contributed by atoms with E-state index in [-0.39, 0.29) is 17.2 Å². The fourth-order valence-corrected chi connectivity index (χ4v) is 3.34. The van der Waals surface area contributed by atoms with Crippen LogP contribution in [0.2, 0.25) is 5.02 Å². The van der Waals surface area contributed by atoms with E-state index in [1.54, 1.807) is 12.1 Å². The standard InChI is InChI=1S/C18H20ClNO/c1-18(2)10-9-16(13-5-3-4-6-14(13)18)20-12-7-8-17(21)15(19)11-12/h3-8,11,16,20-21H,9-10H2,1-2H3. The Morgan fingerprint density at radius 3 is 2.71 bits per heavy atom. The number of rotatable bonds is 2. The molecule has 110 valence electrons. The van der Waals surface area contributed by atoms with Gasteiger partial charge in [0.15, 0.2) is 0 Å². The van der Waals surface area contributed by atoms with Gasteiger partial charge in [0, 0.05) is 5.69 Å². The summed E-state index contributed by atoms with van der Waals surface area (Å²) in [6.07, 6.45) is 2.23. The average Bonchev–Trinajstić information content (AvgIpc) is 2.46. The number of phenols is 1. The van der Waals surface area contributed by atoms with E-state index in [0.717, 1.165) is 18.5 Å². The fraction of sp³-hybridized carbons (Fsp3) is 0.333. The van der Waals surface area contributed by atoms with Gasteiger partial charge in [-0.2, -0.15) is 0 Å². The van der Waals surface area contributed by atoms with Crippen LogP contribution < -0.4 is 5.32 Å². The Morgan fingerprint density at radius 1 is 1.19 bits per heavy atom. The van der Waals surface area contributed by atoms with Crippen LogP contribution in [0.15, 0.2) is 42.5 Å². The first-order valence-corrected chi connectivity index (χ1v) is 7.70. The first-order valence-electron chi connectivity index (χ1n) is 7.32. The van der Waals surface area contributed by atoms with Gasteiger partial charge in [-0.3, -0.25) is 0 Å². The molecule has 2 nitrogen and oxygen atoms in total. The van der Waals surface area contributed by atoms with E-state index >= 15 is 0 Å². The van der Waals surface area contributed by atoms with Gasteiger partial charge in [-0.15, -0.1) is 0 Å². The van der Waals surface area contributed by atoms with Crippen LogP contribution in [-0.4, -0.2) is 5.11 Å². The molecule has 1 aliphatic carbocycles. The topological polar surface area (TPSA) is 32.3 Å². The summed E-state index contributed by atoms with van der Waals surface area (Å²) in [7, 11) is 0. The Kier molecular flexibility index (Phi) is 3.58. The summed E-state index contributed by atoms with van der Waals surface area (Å²) in [6, 6.07) is 14.2. The molecule has 3 rings (SSSR count). The van der Waals surface area contributed by atoms with Gasteiger partial charge < -0.3 is 10.4 Å². The summed E-state index contributed by atoms with van der Waals surface area (Å²) in [5, 5.41) is 13.4. The average molecular weight is 302 g/mol. The molecule has 1 atom stereocenters. The van der Waals surface area contributed by atoms with Crippen LogP contribution in [0.25, 0.3) is 0 Å². The maximum Gasteiger partial charge on any atom is 0.134 e. The van der Waals surface area contributed by atoms with Crippen molar-refractivity contribution >= 4 is 17.3 Å². The molecule has 21 heavy (non-hydrogen) atoms. The van der Waals surface area contributed by atoms with Crippen LogP contribution in [0.1, 0.15) is 43.9 Å².